The third-order valence-corrected chi connectivity index (χ3v) is 4.67. The van der Waals surface area contributed by atoms with Gasteiger partial charge in [0.2, 0.25) is 0 Å². The molecule has 2 aromatic rings. The summed E-state index contributed by atoms with van der Waals surface area (Å²) in [5, 5.41) is 0. The number of halogens is 1. The molecule has 0 spiro atoms. The van der Waals surface area contributed by atoms with E-state index in [1.54, 1.807) is 11.0 Å². The highest BCUT2D eigenvalue weighted by atomic mass is 79.9. The van der Waals surface area contributed by atoms with Gasteiger partial charge in [-0.15, -0.1) is 0 Å². The number of carbonyl (C=O) groups excluding carboxylic acids is 2. The van der Waals surface area contributed by atoms with Crippen molar-refractivity contribution in [2.75, 3.05) is 6.54 Å². The fraction of sp³-hybridized carbons (Fsp3) is 0.222. The molecule has 1 amide bonds. The molecular weight excluding hydrogens is 342 g/mol. The predicted molar refractivity (Wildman–Crippen MR) is 89.0 cm³/mol. The molecule has 0 saturated carbocycles. The lowest BCUT2D eigenvalue weighted by atomic mass is 10.0. The van der Waals surface area contributed by atoms with Crippen LogP contribution in [-0.2, 0) is 0 Å². The molecule has 112 valence electrons. The number of nitrogens with zero attached hydrogens (tertiary/aromatic N) is 1. The van der Waals surface area contributed by atoms with Crippen molar-refractivity contribution in [3.63, 3.8) is 0 Å². The molecule has 1 aliphatic rings. The first-order chi connectivity index (χ1) is 10.7. The van der Waals surface area contributed by atoms with Crippen LogP contribution in [0, 0.1) is 0 Å². The van der Waals surface area contributed by atoms with E-state index in [0.29, 0.717) is 17.7 Å². The van der Waals surface area contributed by atoms with Crippen LogP contribution in [0.5, 0.6) is 0 Å². The fourth-order valence-electron chi connectivity index (χ4n) is 2.87. The molecule has 3 rings (SSSR count). The molecule has 0 aromatic heterocycles. The molecule has 4 heteroatoms. The highest BCUT2D eigenvalue weighted by Crippen LogP contribution is 2.26. The average molecular weight is 358 g/mol. The summed E-state index contributed by atoms with van der Waals surface area (Å²) in [6.07, 6.45) is 1.59. The van der Waals surface area contributed by atoms with Gasteiger partial charge in [-0.1, -0.05) is 42.5 Å². The third kappa shape index (κ3) is 2.83. The van der Waals surface area contributed by atoms with E-state index in [4.69, 9.17) is 0 Å². The van der Waals surface area contributed by atoms with Gasteiger partial charge in [0, 0.05) is 16.6 Å². The van der Waals surface area contributed by atoms with Crippen LogP contribution in [0.4, 0.5) is 0 Å². The molecule has 1 unspecified atom stereocenters. The van der Waals surface area contributed by atoms with Crippen molar-refractivity contribution in [2.45, 2.75) is 18.9 Å². The number of benzene rings is 2. The Hall–Kier alpha value is -1.94. The van der Waals surface area contributed by atoms with Gasteiger partial charge in [0.05, 0.1) is 11.6 Å². The summed E-state index contributed by atoms with van der Waals surface area (Å²) in [7, 11) is 0. The summed E-state index contributed by atoms with van der Waals surface area (Å²) < 4.78 is 0.762. The van der Waals surface area contributed by atoms with E-state index >= 15 is 0 Å². The molecule has 3 nitrogen and oxygen atoms in total. The maximum Gasteiger partial charge on any atom is 0.255 e. The summed E-state index contributed by atoms with van der Waals surface area (Å²) in [6.45, 7) is 0.628. The first kappa shape index (κ1) is 15.0. The zero-order valence-electron chi connectivity index (χ0n) is 12.0. The van der Waals surface area contributed by atoms with Gasteiger partial charge >= 0.3 is 0 Å². The molecule has 1 aliphatic heterocycles. The Morgan fingerprint density at radius 1 is 1.00 bits per heavy atom. The molecule has 1 fully saturated rings. The zero-order chi connectivity index (χ0) is 15.5. The van der Waals surface area contributed by atoms with Crippen LogP contribution in [0.1, 0.15) is 33.6 Å². The van der Waals surface area contributed by atoms with Crippen molar-refractivity contribution >= 4 is 27.6 Å². The molecule has 0 radical (unpaired) electrons. The van der Waals surface area contributed by atoms with Gasteiger partial charge in [-0.3, -0.25) is 9.59 Å². The van der Waals surface area contributed by atoms with Crippen molar-refractivity contribution in [1.29, 1.82) is 0 Å². The Morgan fingerprint density at radius 3 is 2.41 bits per heavy atom. The van der Waals surface area contributed by atoms with E-state index < -0.39 is 0 Å². The summed E-state index contributed by atoms with van der Waals surface area (Å²) in [6, 6.07) is 16.2. The lowest BCUT2D eigenvalue weighted by Crippen LogP contribution is -2.40. The first-order valence-corrected chi connectivity index (χ1v) is 8.12. The minimum absolute atomic E-state index is 0.0264. The van der Waals surface area contributed by atoms with E-state index in [9.17, 15) is 9.59 Å². The number of ketones is 1. The lowest BCUT2D eigenvalue weighted by Gasteiger charge is -2.24. The van der Waals surface area contributed by atoms with E-state index in [0.717, 1.165) is 17.3 Å². The number of likely N-dealkylation sites (tertiary alicyclic amines) is 1. The Labute approximate surface area is 138 Å². The van der Waals surface area contributed by atoms with Crippen molar-refractivity contribution in [3.05, 3.63) is 70.2 Å². The highest BCUT2D eigenvalue weighted by Gasteiger charge is 2.35. The number of hydrogen-bond acceptors (Lipinski definition) is 2. The number of Topliss-reactive ketones (excluding diaryl/α,β-unsaturated/α-hetero) is 1. The molecular formula is C18H16BrNO2. The number of hydrogen-bond donors (Lipinski definition) is 0. The molecule has 1 heterocycles. The number of rotatable bonds is 3. The maximum atomic E-state index is 12.8. The SMILES string of the molecule is O=C(c1ccccc1)C1CCCN1C(=O)c1ccccc1Br. The van der Waals surface area contributed by atoms with Gasteiger partial charge in [-0.25, -0.2) is 0 Å². The third-order valence-electron chi connectivity index (χ3n) is 3.98. The summed E-state index contributed by atoms with van der Waals surface area (Å²) >= 11 is 3.41. The van der Waals surface area contributed by atoms with Crippen LogP contribution in [0.3, 0.4) is 0 Å². The first-order valence-electron chi connectivity index (χ1n) is 7.33. The molecule has 0 bridgehead atoms. The minimum atomic E-state index is -0.359. The van der Waals surface area contributed by atoms with Crippen molar-refractivity contribution in [1.82, 2.24) is 4.90 Å². The predicted octanol–water partition coefficient (Wildman–Crippen LogP) is 3.94. The van der Waals surface area contributed by atoms with Gasteiger partial charge in [0.15, 0.2) is 5.78 Å². The summed E-state index contributed by atoms with van der Waals surface area (Å²) in [5.41, 5.74) is 1.27. The monoisotopic (exact) mass is 357 g/mol. The molecule has 0 aliphatic carbocycles. The quantitative estimate of drug-likeness (QED) is 0.780. The van der Waals surface area contributed by atoms with Crippen molar-refractivity contribution in [3.8, 4) is 0 Å². The minimum Gasteiger partial charge on any atom is -0.328 e. The summed E-state index contributed by atoms with van der Waals surface area (Å²) in [5.74, 6) is -0.0576. The van der Waals surface area contributed by atoms with Crippen molar-refractivity contribution < 1.29 is 9.59 Å². The second-order valence-corrected chi connectivity index (χ2v) is 6.22. The van der Waals surface area contributed by atoms with Crippen LogP contribution in [0.15, 0.2) is 59.1 Å². The van der Waals surface area contributed by atoms with Crippen molar-refractivity contribution in [2.24, 2.45) is 0 Å². The Morgan fingerprint density at radius 2 is 1.68 bits per heavy atom. The number of amides is 1. The highest BCUT2D eigenvalue weighted by molar-refractivity contribution is 9.10. The lowest BCUT2D eigenvalue weighted by molar-refractivity contribution is 0.0671. The number of carbonyl (C=O) groups is 2. The van der Waals surface area contributed by atoms with Gasteiger partial charge < -0.3 is 4.90 Å². The largest absolute Gasteiger partial charge is 0.328 e. The molecule has 1 atom stereocenters. The zero-order valence-corrected chi connectivity index (χ0v) is 13.6. The molecule has 1 saturated heterocycles. The van der Waals surface area contributed by atoms with Crippen LogP contribution >= 0.6 is 15.9 Å². The summed E-state index contributed by atoms with van der Waals surface area (Å²) in [4.78, 5) is 27.1. The van der Waals surface area contributed by atoms with Gasteiger partial charge in [-0.05, 0) is 40.9 Å². The van der Waals surface area contributed by atoms with E-state index in [1.165, 1.54) is 0 Å². The fourth-order valence-corrected chi connectivity index (χ4v) is 3.32. The smallest absolute Gasteiger partial charge is 0.255 e. The normalized spacial score (nSPS) is 17.5. The second kappa shape index (κ2) is 6.44. The second-order valence-electron chi connectivity index (χ2n) is 5.37. The van der Waals surface area contributed by atoms with Crippen LogP contribution in [-0.4, -0.2) is 29.2 Å². The standard InChI is InChI=1S/C18H16BrNO2/c19-15-10-5-4-9-14(15)18(22)20-12-6-11-16(20)17(21)13-7-2-1-3-8-13/h1-5,7-10,16H,6,11-12H2. The average Bonchev–Trinajstić information content (AvgIpc) is 3.04. The van der Waals surface area contributed by atoms with Gasteiger partial charge in [0.1, 0.15) is 0 Å². The van der Waals surface area contributed by atoms with Gasteiger partial charge in [0.25, 0.3) is 5.91 Å². The molecule has 2 aromatic carbocycles. The Kier molecular flexibility index (Phi) is 4.39. The van der Waals surface area contributed by atoms with Crippen LogP contribution in [0.2, 0.25) is 0 Å². The van der Waals surface area contributed by atoms with Crippen LogP contribution < -0.4 is 0 Å². The molecule has 22 heavy (non-hydrogen) atoms. The molecule has 0 N–H and O–H groups in total. The van der Waals surface area contributed by atoms with E-state index in [1.807, 2.05) is 48.5 Å². The van der Waals surface area contributed by atoms with Gasteiger partial charge in [-0.2, -0.15) is 0 Å². The topological polar surface area (TPSA) is 37.4 Å². The van der Waals surface area contributed by atoms with Crippen LogP contribution in [0.25, 0.3) is 0 Å². The van der Waals surface area contributed by atoms with E-state index in [2.05, 4.69) is 15.9 Å². The van der Waals surface area contributed by atoms with E-state index in [-0.39, 0.29) is 17.7 Å². The Bertz CT molecular complexity index is 699. The maximum absolute atomic E-state index is 12.8. The Balaban J connectivity index is 1.86.